The largest absolute Gasteiger partial charge is 0.459 e. The highest BCUT2D eigenvalue weighted by molar-refractivity contribution is 6.05. The minimum atomic E-state index is -5.80. The number of oxime groups is 1. The zero-order valence-electron chi connectivity index (χ0n) is 7.67. The second-order valence-corrected chi connectivity index (χ2v) is 2.89. The van der Waals surface area contributed by atoms with E-state index in [0.717, 1.165) is 12.1 Å². The molecule has 0 heterocycles. The third-order valence-electron chi connectivity index (χ3n) is 1.80. The van der Waals surface area contributed by atoms with Gasteiger partial charge >= 0.3 is 12.1 Å². The van der Waals surface area contributed by atoms with Gasteiger partial charge in [0.05, 0.1) is 0 Å². The Kier molecular flexibility index (Phi) is 3.16. The van der Waals surface area contributed by atoms with Gasteiger partial charge in [-0.2, -0.15) is 22.0 Å². The third-order valence-corrected chi connectivity index (χ3v) is 1.80. The Bertz CT molecular complexity index is 385. The second kappa shape index (κ2) is 4.07. The van der Waals surface area contributed by atoms with Crippen molar-refractivity contribution in [1.82, 2.24) is 0 Å². The average molecular weight is 239 g/mol. The van der Waals surface area contributed by atoms with Crippen molar-refractivity contribution in [3.05, 3.63) is 35.9 Å². The van der Waals surface area contributed by atoms with Gasteiger partial charge in [-0.25, -0.2) is 0 Å². The van der Waals surface area contributed by atoms with Crippen molar-refractivity contribution < 1.29 is 27.2 Å². The Labute approximate surface area is 87.0 Å². The summed E-state index contributed by atoms with van der Waals surface area (Å²) in [5, 5.41) is 10.3. The molecule has 0 atom stereocenters. The zero-order valence-corrected chi connectivity index (χ0v) is 7.67. The molecule has 7 heteroatoms. The molecule has 0 amide bonds. The quantitative estimate of drug-likeness (QED) is 0.366. The lowest BCUT2D eigenvalue weighted by atomic mass is 10.0. The molecule has 16 heavy (non-hydrogen) atoms. The van der Waals surface area contributed by atoms with E-state index in [1.807, 2.05) is 5.16 Å². The van der Waals surface area contributed by atoms with E-state index in [9.17, 15) is 22.0 Å². The molecule has 0 fully saturated rings. The maximum absolute atomic E-state index is 12.9. The number of alkyl halides is 5. The fraction of sp³-hybridized carbons (Fsp3) is 0.222. The highest BCUT2D eigenvalue weighted by atomic mass is 19.4. The number of hydrogen-bond donors (Lipinski definition) is 1. The molecule has 1 N–H and O–H groups in total. The van der Waals surface area contributed by atoms with Crippen molar-refractivity contribution in [3.63, 3.8) is 0 Å². The maximum Gasteiger partial charge on any atom is 0.459 e. The molecule has 0 aliphatic carbocycles. The molecule has 0 bridgehead atoms. The first kappa shape index (κ1) is 12.4. The van der Waals surface area contributed by atoms with Crippen molar-refractivity contribution in [2.75, 3.05) is 0 Å². The van der Waals surface area contributed by atoms with Crippen LogP contribution in [-0.4, -0.2) is 23.0 Å². The highest BCUT2D eigenvalue weighted by Gasteiger charge is 2.62. The van der Waals surface area contributed by atoms with Crippen molar-refractivity contribution in [2.24, 2.45) is 5.16 Å². The molecule has 1 aromatic rings. The van der Waals surface area contributed by atoms with Crippen LogP contribution in [0, 0.1) is 0 Å². The summed E-state index contributed by atoms with van der Waals surface area (Å²) in [5.74, 6) is -5.19. The first-order valence-electron chi connectivity index (χ1n) is 4.03. The number of hydrogen-bond acceptors (Lipinski definition) is 2. The van der Waals surface area contributed by atoms with E-state index in [-0.39, 0.29) is 0 Å². The van der Waals surface area contributed by atoms with Gasteiger partial charge in [0, 0.05) is 5.56 Å². The summed E-state index contributed by atoms with van der Waals surface area (Å²) < 4.78 is 61.8. The van der Waals surface area contributed by atoms with Crippen molar-refractivity contribution in [1.29, 1.82) is 0 Å². The Morgan fingerprint density at radius 3 is 1.88 bits per heavy atom. The molecule has 88 valence electrons. The van der Waals surface area contributed by atoms with Crippen molar-refractivity contribution in [3.8, 4) is 0 Å². The molecule has 0 saturated heterocycles. The summed E-state index contributed by atoms with van der Waals surface area (Å²) in [6, 6.07) is 5.94. The zero-order chi connectivity index (χ0) is 12.4. The van der Waals surface area contributed by atoms with E-state index >= 15 is 0 Å². The Morgan fingerprint density at radius 1 is 1.00 bits per heavy atom. The molecule has 2 nitrogen and oxygen atoms in total. The van der Waals surface area contributed by atoms with Gasteiger partial charge in [-0.3, -0.25) is 0 Å². The first-order valence-corrected chi connectivity index (χ1v) is 4.03. The van der Waals surface area contributed by atoms with Crippen LogP contribution in [0.2, 0.25) is 0 Å². The molecular weight excluding hydrogens is 233 g/mol. The van der Waals surface area contributed by atoms with Crippen LogP contribution >= 0.6 is 0 Å². The molecular formula is C9H6F5NO. The van der Waals surface area contributed by atoms with Gasteiger partial charge in [0.2, 0.25) is 0 Å². The van der Waals surface area contributed by atoms with Crippen LogP contribution in [-0.2, 0) is 0 Å². The predicted octanol–water partition coefficient (Wildman–Crippen LogP) is 3.06. The van der Waals surface area contributed by atoms with Gasteiger partial charge in [-0.1, -0.05) is 35.5 Å². The summed E-state index contributed by atoms with van der Waals surface area (Å²) in [7, 11) is 0. The Morgan fingerprint density at radius 2 is 1.50 bits per heavy atom. The Hall–Kier alpha value is -1.66. The maximum atomic E-state index is 12.9. The molecule has 0 aliphatic rings. The minimum absolute atomic E-state index is 0.493. The summed E-state index contributed by atoms with van der Waals surface area (Å²) in [4.78, 5) is 0. The van der Waals surface area contributed by atoms with Crippen LogP contribution < -0.4 is 0 Å². The van der Waals surface area contributed by atoms with E-state index in [2.05, 4.69) is 0 Å². The monoisotopic (exact) mass is 239 g/mol. The molecule has 1 aromatic carbocycles. The van der Waals surface area contributed by atoms with E-state index in [4.69, 9.17) is 5.21 Å². The van der Waals surface area contributed by atoms with Crippen LogP contribution in [0.4, 0.5) is 22.0 Å². The topological polar surface area (TPSA) is 32.6 Å². The second-order valence-electron chi connectivity index (χ2n) is 2.89. The van der Waals surface area contributed by atoms with E-state index in [0.29, 0.717) is 0 Å². The predicted molar refractivity (Wildman–Crippen MR) is 45.8 cm³/mol. The van der Waals surface area contributed by atoms with Crippen molar-refractivity contribution >= 4 is 5.71 Å². The number of nitrogens with zero attached hydrogens (tertiary/aromatic N) is 1. The standard InChI is InChI=1S/C9H6F5NO/c10-8(11,9(12,13)14)7(15-16)6-4-2-1-3-5-6/h1-5,16H/b15-7-. The van der Waals surface area contributed by atoms with Crippen LogP contribution in [0.25, 0.3) is 0 Å². The fourth-order valence-electron chi connectivity index (χ4n) is 1.03. The molecule has 0 aliphatic heterocycles. The molecule has 0 spiro atoms. The van der Waals surface area contributed by atoms with Gasteiger partial charge in [-0.15, -0.1) is 0 Å². The molecule has 0 saturated carbocycles. The van der Waals surface area contributed by atoms with Gasteiger partial charge in [-0.05, 0) is 0 Å². The van der Waals surface area contributed by atoms with Gasteiger partial charge in [0.1, 0.15) is 0 Å². The van der Waals surface area contributed by atoms with Crippen LogP contribution in [0.5, 0.6) is 0 Å². The Balaban J connectivity index is 3.21. The number of rotatable bonds is 2. The lowest BCUT2D eigenvalue weighted by molar-refractivity contribution is -0.249. The summed E-state index contributed by atoms with van der Waals surface area (Å²) in [5.41, 5.74) is -2.21. The lowest BCUT2D eigenvalue weighted by Crippen LogP contribution is -2.44. The van der Waals surface area contributed by atoms with Crippen LogP contribution in [0.3, 0.4) is 0 Å². The number of halogens is 5. The SMILES string of the molecule is O/N=C(/c1ccccc1)C(F)(F)C(F)(F)F. The molecule has 0 aromatic heterocycles. The minimum Gasteiger partial charge on any atom is -0.410 e. The smallest absolute Gasteiger partial charge is 0.410 e. The van der Waals surface area contributed by atoms with Gasteiger partial charge < -0.3 is 5.21 Å². The summed E-state index contributed by atoms with van der Waals surface area (Å²) in [6.07, 6.45) is -5.80. The fourth-order valence-corrected chi connectivity index (χ4v) is 1.03. The third kappa shape index (κ3) is 2.12. The van der Waals surface area contributed by atoms with Crippen LogP contribution in [0.15, 0.2) is 35.5 Å². The van der Waals surface area contributed by atoms with E-state index in [1.54, 1.807) is 0 Å². The van der Waals surface area contributed by atoms with Crippen molar-refractivity contribution in [2.45, 2.75) is 12.1 Å². The summed E-state index contributed by atoms with van der Waals surface area (Å²) in [6.45, 7) is 0. The molecule has 0 radical (unpaired) electrons. The van der Waals surface area contributed by atoms with Crippen LogP contribution in [0.1, 0.15) is 5.56 Å². The lowest BCUT2D eigenvalue weighted by Gasteiger charge is -2.20. The average Bonchev–Trinajstić information content (AvgIpc) is 2.18. The first-order chi connectivity index (χ1) is 7.30. The molecule has 1 rings (SSSR count). The van der Waals surface area contributed by atoms with E-state index in [1.165, 1.54) is 18.2 Å². The molecule has 0 unspecified atom stereocenters. The van der Waals surface area contributed by atoms with Gasteiger partial charge in [0.25, 0.3) is 0 Å². The van der Waals surface area contributed by atoms with E-state index < -0.39 is 23.4 Å². The summed E-state index contributed by atoms with van der Waals surface area (Å²) >= 11 is 0. The highest BCUT2D eigenvalue weighted by Crippen LogP contribution is 2.38. The number of benzene rings is 1. The normalized spacial score (nSPS) is 13.9. The van der Waals surface area contributed by atoms with Gasteiger partial charge in [0.15, 0.2) is 5.71 Å².